The molecule has 5 heteroatoms. The number of carbonyl (C=O) groups is 2. The van der Waals surface area contributed by atoms with E-state index in [2.05, 4.69) is 4.90 Å². The first-order valence-electron chi connectivity index (χ1n) is 12.1. The van der Waals surface area contributed by atoms with Gasteiger partial charge in [0, 0.05) is 25.7 Å². The van der Waals surface area contributed by atoms with Gasteiger partial charge in [0.2, 0.25) is 11.8 Å². The SMILES string of the molecule is O=C(C1c2ccccc2CC(=O)N1Cc1ccccc1)N1CCC(N2CCCCC2)CC1. The Hall–Kier alpha value is -2.66. The molecule has 2 amide bonds. The molecule has 2 aromatic rings. The second-order valence-electron chi connectivity index (χ2n) is 9.44. The van der Waals surface area contributed by atoms with Gasteiger partial charge in [-0.3, -0.25) is 9.59 Å². The Labute approximate surface area is 191 Å². The minimum atomic E-state index is -0.529. The number of carbonyl (C=O) groups excluding carboxylic acids is 2. The zero-order chi connectivity index (χ0) is 21.9. The second kappa shape index (κ2) is 9.45. The predicted octanol–water partition coefficient (Wildman–Crippen LogP) is 3.79. The predicted molar refractivity (Wildman–Crippen MR) is 125 cm³/mol. The highest BCUT2D eigenvalue weighted by molar-refractivity contribution is 5.92. The molecule has 0 aliphatic carbocycles. The second-order valence-corrected chi connectivity index (χ2v) is 9.44. The molecule has 0 bridgehead atoms. The fraction of sp³-hybridized carbons (Fsp3) is 0.481. The van der Waals surface area contributed by atoms with Gasteiger partial charge < -0.3 is 14.7 Å². The summed E-state index contributed by atoms with van der Waals surface area (Å²) in [5.74, 6) is 0.118. The maximum atomic E-state index is 13.9. The lowest BCUT2D eigenvalue weighted by Gasteiger charge is -2.43. The van der Waals surface area contributed by atoms with Gasteiger partial charge in [-0.15, -0.1) is 0 Å². The van der Waals surface area contributed by atoms with Gasteiger partial charge in [0.05, 0.1) is 6.42 Å². The summed E-state index contributed by atoms with van der Waals surface area (Å²) < 4.78 is 0. The summed E-state index contributed by atoms with van der Waals surface area (Å²) >= 11 is 0. The van der Waals surface area contributed by atoms with Crippen LogP contribution in [0.25, 0.3) is 0 Å². The van der Waals surface area contributed by atoms with Crippen molar-refractivity contribution in [3.8, 4) is 0 Å². The number of likely N-dealkylation sites (tertiary alicyclic amines) is 2. The van der Waals surface area contributed by atoms with E-state index < -0.39 is 6.04 Å². The number of hydrogen-bond donors (Lipinski definition) is 0. The summed E-state index contributed by atoms with van der Waals surface area (Å²) in [5, 5.41) is 0. The standard InChI is InChI=1S/C27H33N3O2/c31-25-19-22-11-5-6-12-24(22)26(30(25)20-21-9-3-1-4-10-21)27(32)29-17-13-23(14-18-29)28-15-7-2-8-16-28/h1,3-6,9-12,23,26H,2,7-8,13-20H2. The van der Waals surface area contributed by atoms with E-state index in [1.54, 1.807) is 4.90 Å². The highest BCUT2D eigenvalue weighted by Gasteiger charge is 2.40. The molecule has 5 rings (SSSR count). The van der Waals surface area contributed by atoms with Gasteiger partial charge in [0.25, 0.3) is 0 Å². The Bertz CT molecular complexity index is 946. The van der Waals surface area contributed by atoms with E-state index in [-0.39, 0.29) is 11.8 Å². The van der Waals surface area contributed by atoms with Crippen LogP contribution in [0, 0.1) is 0 Å². The van der Waals surface area contributed by atoms with Crippen molar-refractivity contribution in [1.82, 2.24) is 14.7 Å². The minimum Gasteiger partial charge on any atom is -0.340 e. The van der Waals surface area contributed by atoms with Crippen LogP contribution < -0.4 is 0 Å². The van der Waals surface area contributed by atoms with Crippen LogP contribution in [0.15, 0.2) is 54.6 Å². The number of fused-ring (bicyclic) bond motifs is 1. The van der Waals surface area contributed by atoms with E-state index in [1.165, 1.54) is 32.4 Å². The molecule has 2 fully saturated rings. The van der Waals surface area contributed by atoms with Crippen molar-refractivity contribution in [2.45, 2.75) is 57.2 Å². The third kappa shape index (κ3) is 4.31. The van der Waals surface area contributed by atoms with Crippen LogP contribution in [0.4, 0.5) is 0 Å². The Morgan fingerprint density at radius 2 is 1.53 bits per heavy atom. The lowest BCUT2D eigenvalue weighted by atomic mass is 9.90. The van der Waals surface area contributed by atoms with E-state index in [9.17, 15) is 9.59 Å². The summed E-state index contributed by atoms with van der Waals surface area (Å²) in [6, 6.07) is 18.0. The van der Waals surface area contributed by atoms with Gasteiger partial charge in [0.1, 0.15) is 6.04 Å². The molecule has 3 heterocycles. The maximum Gasteiger partial charge on any atom is 0.250 e. The van der Waals surface area contributed by atoms with Crippen molar-refractivity contribution in [2.24, 2.45) is 0 Å². The molecule has 32 heavy (non-hydrogen) atoms. The van der Waals surface area contributed by atoms with Crippen LogP contribution in [-0.4, -0.2) is 58.7 Å². The molecule has 0 saturated carbocycles. The summed E-state index contributed by atoms with van der Waals surface area (Å²) in [4.78, 5) is 33.5. The van der Waals surface area contributed by atoms with Gasteiger partial charge in [-0.1, -0.05) is 61.0 Å². The summed E-state index contributed by atoms with van der Waals surface area (Å²) in [6.45, 7) is 4.44. The number of amides is 2. The number of benzene rings is 2. The van der Waals surface area contributed by atoms with Crippen LogP contribution >= 0.6 is 0 Å². The summed E-state index contributed by atoms with van der Waals surface area (Å²) in [7, 11) is 0. The summed E-state index contributed by atoms with van der Waals surface area (Å²) in [5.41, 5.74) is 3.04. The molecule has 0 spiro atoms. The van der Waals surface area contributed by atoms with E-state index in [4.69, 9.17) is 0 Å². The zero-order valence-electron chi connectivity index (χ0n) is 18.8. The molecule has 0 aromatic heterocycles. The number of rotatable bonds is 4. The molecular formula is C27H33N3O2. The minimum absolute atomic E-state index is 0.0362. The maximum absolute atomic E-state index is 13.9. The molecular weight excluding hydrogens is 398 g/mol. The molecule has 2 saturated heterocycles. The first-order valence-corrected chi connectivity index (χ1v) is 12.1. The van der Waals surface area contributed by atoms with Gasteiger partial charge in [0.15, 0.2) is 0 Å². The molecule has 0 radical (unpaired) electrons. The van der Waals surface area contributed by atoms with Gasteiger partial charge >= 0.3 is 0 Å². The van der Waals surface area contributed by atoms with Crippen LogP contribution in [-0.2, 0) is 22.6 Å². The average Bonchev–Trinajstić information content (AvgIpc) is 2.85. The van der Waals surface area contributed by atoms with Gasteiger partial charge in [-0.2, -0.15) is 0 Å². The molecule has 1 atom stereocenters. The van der Waals surface area contributed by atoms with Gasteiger partial charge in [-0.05, 0) is 55.5 Å². The van der Waals surface area contributed by atoms with Crippen LogP contribution in [0.3, 0.4) is 0 Å². The Balaban J connectivity index is 1.36. The zero-order valence-corrected chi connectivity index (χ0v) is 18.8. The Morgan fingerprint density at radius 1 is 0.844 bits per heavy atom. The van der Waals surface area contributed by atoms with Crippen molar-refractivity contribution < 1.29 is 9.59 Å². The lowest BCUT2D eigenvalue weighted by molar-refractivity contribution is -0.148. The van der Waals surface area contributed by atoms with Gasteiger partial charge in [-0.25, -0.2) is 0 Å². The lowest BCUT2D eigenvalue weighted by Crippen LogP contribution is -2.52. The quantitative estimate of drug-likeness (QED) is 0.740. The van der Waals surface area contributed by atoms with Crippen molar-refractivity contribution >= 4 is 11.8 Å². The molecule has 168 valence electrons. The Morgan fingerprint density at radius 3 is 2.28 bits per heavy atom. The topological polar surface area (TPSA) is 43.9 Å². The fourth-order valence-electron chi connectivity index (χ4n) is 5.67. The molecule has 3 aliphatic rings. The van der Waals surface area contributed by atoms with Crippen molar-refractivity contribution in [2.75, 3.05) is 26.2 Å². The molecule has 5 nitrogen and oxygen atoms in total. The molecule has 0 N–H and O–H groups in total. The number of nitrogens with zero attached hydrogens (tertiary/aromatic N) is 3. The van der Waals surface area contributed by atoms with E-state index in [1.807, 2.05) is 59.5 Å². The third-order valence-electron chi connectivity index (χ3n) is 7.44. The smallest absolute Gasteiger partial charge is 0.250 e. The normalized spacial score (nSPS) is 22.6. The molecule has 1 unspecified atom stereocenters. The fourth-order valence-corrected chi connectivity index (χ4v) is 5.67. The van der Waals surface area contributed by atoms with Crippen molar-refractivity contribution in [1.29, 1.82) is 0 Å². The van der Waals surface area contributed by atoms with E-state index >= 15 is 0 Å². The van der Waals surface area contributed by atoms with Crippen LogP contribution in [0.5, 0.6) is 0 Å². The highest BCUT2D eigenvalue weighted by Crippen LogP contribution is 2.34. The van der Waals surface area contributed by atoms with Crippen molar-refractivity contribution in [3.05, 3.63) is 71.3 Å². The highest BCUT2D eigenvalue weighted by atomic mass is 16.2. The molecule has 3 aliphatic heterocycles. The van der Waals surface area contributed by atoms with E-state index in [0.29, 0.717) is 19.0 Å². The van der Waals surface area contributed by atoms with Crippen LogP contribution in [0.2, 0.25) is 0 Å². The first-order chi connectivity index (χ1) is 15.7. The van der Waals surface area contributed by atoms with E-state index in [0.717, 1.165) is 42.6 Å². The third-order valence-corrected chi connectivity index (χ3v) is 7.44. The number of hydrogen-bond acceptors (Lipinski definition) is 3. The number of piperidine rings is 2. The van der Waals surface area contributed by atoms with Crippen molar-refractivity contribution in [3.63, 3.8) is 0 Å². The first kappa shape index (κ1) is 21.2. The Kier molecular flexibility index (Phi) is 6.26. The monoisotopic (exact) mass is 431 g/mol. The van der Waals surface area contributed by atoms with Crippen LogP contribution in [0.1, 0.15) is 54.8 Å². The largest absolute Gasteiger partial charge is 0.340 e. The average molecular weight is 432 g/mol. The summed E-state index contributed by atoms with van der Waals surface area (Å²) in [6.07, 6.45) is 6.38. The molecule has 2 aromatic carbocycles.